The third-order valence-electron chi connectivity index (χ3n) is 6.53. The Morgan fingerprint density at radius 2 is 1.74 bits per heavy atom. The van der Waals surface area contributed by atoms with Gasteiger partial charge in [-0.05, 0) is 73.4 Å². The van der Waals surface area contributed by atoms with E-state index in [1.54, 1.807) is 14.0 Å². The van der Waals surface area contributed by atoms with Gasteiger partial charge in [0.25, 0.3) is 0 Å². The number of carbonyl (C=O) groups excluding carboxylic acids is 1. The molecule has 3 aromatic carbocycles. The molecule has 8 heteroatoms. The smallest absolute Gasteiger partial charge is 0.320 e. The molecule has 0 fully saturated rings. The highest BCUT2D eigenvalue weighted by atomic mass is 16.5. The molecule has 0 aliphatic carbocycles. The van der Waals surface area contributed by atoms with Crippen LogP contribution in [0.25, 0.3) is 33.3 Å². The van der Waals surface area contributed by atoms with Gasteiger partial charge in [-0.2, -0.15) is 0 Å². The molecule has 200 valence electrons. The van der Waals surface area contributed by atoms with E-state index >= 15 is 0 Å². The molecule has 4 aromatic rings. The fraction of sp³-hybridized carbons (Fsp3) is 0.367. The molecule has 1 heterocycles. The number of hydrogen-bond acceptors (Lipinski definition) is 7. The van der Waals surface area contributed by atoms with Gasteiger partial charge in [-0.3, -0.25) is 9.59 Å². The number of oxazole rings is 1. The largest absolute Gasteiger partial charge is 0.497 e. The Kier molecular flexibility index (Phi) is 8.84. The first-order valence-electron chi connectivity index (χ1n) is 12.9. The van der Waals surface area contributed by atoms with Crippen molar-refractivity contribution >= 4 is 33.8 Å². The van der Waals surface area contributed by atoms with E-state index in [9.17, 15) is 14.7 Å². The maximum atomic E-state index is 12.1. The minimum Gasteiger partial charge on any atom is -0.497 e. The number of methoxy groups -OCH3 is 1. The normalized spacial score (nSPS) is 12.8. The van der Waals surface area contributed by atoms with Crippen LogP contribution in [0.3, 0.4) is 0 Å². The Balaban J connectivity index is 1.28. The predicted molar refractivity (Wildman–Crippen MR) is 144 cm³/mol. The molecule has 0 amide bonds. The van der Waals surface area contributed by atoms with E-state index < -0.39 is 17.9 Å². The number of aliphatic carboxylic acids is 1. The molecular formula is C30H33NO7. The average molecular weight is 520 g/mol. The number of rotatable bonds is 13. The summed E-state index contributed by atoms with van der Waals surface area (Å²) in [7, 11) is 1.62. The summed E-state index contributed by atoms with van der Waals surface area (Å²) >= 11 is 0. The van der Waals surface area contributed by atoms with Crippen molar-refractivity contribution < 1.29 is 33.3 Å². The number of ether oxygens (including phenoxy) is 3. The first-order chi connectivity index (χ1) is 18.4. The van der Waals surface area contributed by atoms with Crippen molar-refractivity contribution in [1.29, 1.82) is 0 Å². The Morgan fingerprint density at radius 1 is 0.974 bits per heavy atom. The standard InChI is InChI=1S/C30H33NO7/c1-4-19(2)37-30(34)25(29(32)33)8-6-5-7-15-36-24-12-11-20-16-22(10-9-21(20)17-24)28-31-26-14-13-23(35-3)18-27(26)38-28/h9-14,16-19,25H,4-8,15H2,1-3H3,(H,32,33). The van der Waals surface area contributed by atoms with Crippen LogP contribution in [0.1, 0.15) is 46.0 Å². The monoisotopic (exact) mass is 519 g/mol. The van der Waals surface area contributed by atoms with Gasteiger partial charge in [-0.1, -0.05) is 31.9 Å². The van der Waals surface area contributed by atoms with E-state index in [1.165, 1.54) is 0 Å². The fourth-order valence-electron chi connectivity index (χ4n) is 4.13. The number of nitrogens with zero attached hydrogens (tertiary/aromatic N) is 1. The van der Waals surface area contributed by atoms with E-state index in [-0.39, 0.29) is 12.5 Å². The Morgan fingerprint density at radius 3 is 2.50 bits per heavy atom. The number of hydrogen-bond donors (Lipinski definition) is 1. The van der Waals surface area contributed by atoms with Crippen LogP contribution in [-0.4, -0.2) is 41.8 Å². The molecular weight excluding hydrogens is 486 g/mol. The first-order valence-corrected chi connectivity index (χ1v) is 12.9. The van der Waals surface area contributed by atoms with E-state index in [0.717, 1.165) is 46.2 Å². The molecule has 2 atom stereocenters. The van der Waals surface area contributed by atoms with Gasteiger partial charge in [0.2, 0.25) is 5.89 Å². The van der Waals surface area contributed by atoms with Crippen LogP contribution in [0.5, 0.6) is 11.5 Å². The number of esters is 1. The molecule has 0 saturated carbocycles. The van der Waals surface area contributed by atoms with Crippen LogP contribution in [0.2, 0.25) is 0 Å². The van der Waals surface area contributed by atoms with Crippen LogP contribution in [0, 0.1) is 5.92 Å². The van der Waals surface area contributed by atoms with Gasteiger partial charge in [0.15, 0.2) is 11.5 Å². The lowest BCUT2D eigenvalue weighted by Gasteiger charge is -2.15. The van der Waals surface area contributed by atoms with Crippen molar-refractivity contribution in [3.8, 4) is 23.0 Å². The fourth-order valence-corrected chi connectivity index (χ4v) is 4.13. The Bertz CT molecular complexity index is 1410. The second kappa shape index (κ2) is 12.4. The first kappa shape index (κ1) is 27.0. The van der Waals surface area contributed by atoms with E-state index in [4.69, 9.17) is 18.6 Å². The Hall–Kier alpha value is -4.07. The zero-order chi connectivity index (χ0) is 27.1. The minimum atomic E-state index is -1.13. The number of aromatic nitrogens is 1. The van der Waals surface area contributed by atoms with Gasteiger partial charge >= 0.3 is 11.9 Å². The summed E-state index contributed by atoms with van der Waals surface area (Å²) in [5.41, 5.74) is 2.33. The van der Waals surface area contributed by atoms with Gasteiger partial charge in [-0.25, -0.2) is 4.98 Å². The van der Waals surface area contributed by atoms with Crippen LogP contribution in [0.15, 0.2) is 59.0 Å². The van der Waals surface area contributed by atoms with E-state index in [2.05, 4.69) is 4.98 Å². The maximum absolute atomic E-state index is 12.1. The van der Waals surface area contributed by atoms with Gasteiger partial charge in [0.05, 0.1) is 19.8 Å². The predicted octanol–water partition coefficient (Wildman–Crippen LogP) is 6.64. The van der Waals surface area contributed by atoms with Gasteiger partial charge in [-0.15, -0.1) is 0 Å². The number of benzene rings is 3. The summed E-state index contributed by atoms with van der Waals surface area (Å²) in [4.78, 5) is 28.1. The minimum absolute atomic E-state index is 0.260. The zero-order valence-corrected chi connectivity index (χ0v) is 21.9. The Labute approximate surface area is 221 Å². The van der Waals surface area contributed by atoms with Crippen molar-refractivity contribution in [2.45, 2.75) is 52.1 Å². The second-order valence-corrected chi connectivity index (χ2v) is 9.32. The molecule has 4 rings (SSSR count). The highest BCUT2D eigenvalue weighted by Gasteiger charge is 2.28. The quantitative estimate of drug-likeness (QED) is 0.119. The van der Waals surface area contributed by atoms with Gasteiger partial charge in [0.1, 0.15) is 17.0 Å². The summed E-state index contributed by atoms with van der Waals surface area (Å²) < 4.78 is 22.3. The van der Waals surface area contributed by atoms with Crippen molar-refractivity contribution in [3.63, 3.8) is 0 Å². The SMILES string of the molecule is CCC(C)OC(=O)C(CCCCCOc1ccc2cc(-c3nc4ccc(OC)cc4o3)ccc2c1)C(=O)O. The lowest BCUT2D eigenvalue weighted by atomic mass is 10.0. The lowest BCUT2D eigenvalue weighted by molar-refractivity contribution is -0.162. The molecule has 1 aromatic heterocycles. The highest BCUT2D eigenvalue weighted by molar-refractivity contribution is 5.94. The molecule has 0 spiro atoms. The third-order valence-corrected chi connectivity index (χ3v) is 6.53. The van der Waals surface area contributed by atoms with Crippen LogP contribution in [0.4, 0.5) is 0 Å². The van der Waals surface area contributed by atoms with Gasteiger partial charge in [0, 0.05) is 11.6 Å². The maximum Gasteiger partial charge on any atom is 0.320 e. The van der Waals surface area contributed by atoms with Crippen LogP contribution >= 0.6 is 0 Å². The van der Waals surface area contributed by atoms with Crippen molar-refractivity contribution in [2.24, 2.45) is 5.92 Å². The number of carboxylic acids is 1. The third kappa shape index (κ3) is 6.62. The summed E-state index contributed by atoms with van der Waals surface area (Å²) in [6, 6.07) is 17.5. The zero-order valence-electron chi connectivity index (χ0n) is 21.9. The topological polar surface area (TPSA) is 108 Å². The summed E-state index contributed by atoms with van der Waals surface area (Å²) in [6.07, 6.45) is 2.76. The highest BCUT2D eigenvalue weighted by Crippen LogP contribution is 2.30. The lowest BCUT2D eigenvalue weighted by Crippen LogP contribution is -2.28. The molecule has 0 aliphatic heterocycles. The molecule has 1 N–H and O–H groups in total. The van der Waals surface area contributed by atoms with Crippen LogP contribution < -0.4 is 9.47 Å². The van der Waals surface area contributed by atoms with Gasteiger partial charge < -0.3 is 23.7 Å². The molecule has 0 saturated heterocycles. The van der Waals surface area contributed by atoms with Crippen LogP contribution in [-0.2, 0) is 14.3 Å². The summed E-state index contributed by atoms with van der Waals surface area (Å²) in [6.45, 7) is 4.15. The number of carbonyl (C=O) groups is 2. The summed E-state index contributed by atoms with van der Waals surface area (Å²) in [5, 5.41) is 11.4. The van der Waals surface area contributed by atoms with E-state index in [1.807, 2.05) is 61.5 Å². The molecule has 0 radical (unpaired) electrons. The van der Waals surface area contributed by atoms with E-state index in [0.29, 0.717) is 30.9 Å². The molecule has 2 unspecified atom stereocenters. The van der Waals surface area contributed by atoms with Crippen molar-refractivity contribution in [3.05, 3.63) is 54.6 Å². The number of carboxylic acid groups (broad SMARTS) is 1. The van der Waals surface area contributed by atoms with Crippen molar-refractivity contribution in [1.82, 2.24) is 4.98 Å². The average Bonchev–Trinajstić information content (AvgIpc) is 3.35. The second-order valence-electron chi connectivity index (χ2n) is 9.32. The molecule has 0 bridgehead atoms. The summed E-state index contributed by atoms with van der Waals surface area (Å²) in [5.74, 6) is -0.872. The molecule has 8 nitrogen and oxygen atoms in total. The molecule has 38 heavy (non-hydrogen) atoms. The number of fused-ring (bicyclic) bond motifs is 2. The molecule has 0 aliphatic rings. The van der Waals surface area contributed by atoms with Crippen molar-refractivity contribution in [2.75, 3.05) is 13.7 Å². The number of unbranched alkanes of at least 4 members (excludes halogenated alkanes) is 2.